The fourth-order valence-electron chi connectivity index (χ4n) is 10.0. The van der Waals surface area contributed by atoms with Gasteiger partial charge in [-0.3, -0.25) is 0 Å². The normalized spacial score (nSPS) is 19.0. The van der Waals surface area contributed by atoms with Gasteiger partial charge in [0.15, 0.2) is 0 Å². The number of carbonyl (C=O) groups excluding carboxylic acids is 2. The molecule has 328 valence electrons. The van der Waals surface area contributed by atoms with Crippen molar-refractivity contribution in [2.45, 2.75) is 186 Å². The molecule has 0 N–H and O–H groups in total. The lowest BCUT2D eigenvalue weighted by atomic mass is 9.77. The van der Waals surface area contributed by atoms with Crippen LogP contribution in [0, 0.1) is 11.8 Å². The van der Waals surface area contributed by atoms with E-state index in [4.69, 9.17) is 9.47 Å². The third kappa shape index (κ3) is 15.6. The van der Waals surface area contributed by atoms with E-state index >= 15 is 0 Å². The Morgan fingerprint density at radius 1 is 0.410 bits per heavy atom. The zero-order valence-corrected chi connectivity index (χ0v) is 37.9. The molecule has 0 radical (unpaired) electrons. The van der Waals surface area contributed by atoms with E-state index in [-0.39, 0.29) is 11.9 Å². The van der Waals surface area contributed by atoms with Gasteiger partial charge >= 0.3 is 11.9 Å². The van der Waals surface area contributed by atoms with E-state index < -0.39 is 0 Å². The number of hydrogen-bond donors (Lipinski definition) is 0. The third-order valence-corrected chi connectivity index (χ3v) is 14.1. The predicted octanol–water partition coefficient (Wildman–Crippen LogP) is 16.3. The minimum atomic E-state index is -0.286. The summed E-state index contributed by atoms with van der Waals surface area (Å²) in [7, 11) is 0. The molecule has 0 heterocycles. The van der Waals surface area contributed by atoms with Crippen LogP contribution in [-0.4, -0.2) is 11.9 Å². The van der Waals surface area contributed by atoms with Gasteiger partial charge in [0, 0.05) is 0 Å². The van der Waals surface area contributed by atoms with Crippen molar-refractivity contribution in [3.63, 3.8) is 0 Å². The first-order chi connectivity index (χ1) is 30.0. The first-order valence-electron chi connectivity index (χ1n) is 24.8. The summed E-state index contributed by atoms with van der Waals surface area (Å²) in [6.45, 7) is 4.56. The quantitative estimate of drug-likeness (QED) is 0.0401. The Kier molecular flexibility index (Phi) is 19.5. The molecule has 0 aromatic heterocycles. The second-order valence-electron chi connectivity index (χ2n) is 18.7. The van der Waals surface area contributed by atoms with Crippen LogP contribution < -0.4 is 9.47 Å². The van der Waals surface area contributed by atoms with E-state index in [0.29, 0.717) is 34.5 Å². The molecule has 6 rings (SSSR count). The number of hydrogen-bond acceptors (Lipinski definition) is 4. The fraction of sp³-hybridized carbons (Fsp3) is 0.544. The molecule has 4 aromatic rings. The molecular formula is C57H76O4. The van der Waals surface area contributed by atoms with Crippen molar-refractivity contribution in [3.05, 3.63) is 130 Å². The highest BCUT2D eigenvalue weighted by atomic mass is 16.5. The second-order valence-corrected chi connectivity index (χ2v) is 18.7. The maximum absolute atomic E-state index is 12.9. The molecule has 4 aromatic carbocycles. The van der Waals surface area contributed by atoms with Crippen molar-refractivity contribution in [2.24, 2.45) is 11.8 Å². The van der Waals surface area contributed by atoms with Gasteiger partial charge in [-0.05, 0) is 172 Å². The summed E-state index contributed by atoms with van der Waals surface area (Å²) in [5.74, 6) is 3.70. The highest BCUT2D eigenvalue weighted by molar-refractivity contribution is 5.91. The standard InChI is InChI=1S/C57H76O4/c1-3-5-12-16-44-20-28-48(29-21-44)50-32-36-52(37-33-50)56(58)60-54-40-24-46(25-41-54)18-14-10-8-7-9-11-15-19-47-26-42-55(43-27-47)61-57(59)53-38-34-51(35-39-53)49-30-22-45(23-31-49)17-13-6-4-2/h24-27,32-45,48-49H,3-23,28-31H2,1-2H3. The molecule has 2 fully saturated rings. The van der Waals surface area contributed by atoms with Gasteiger partial charge < -0.3 is 9.47 Å². The van der Waals surface area contributed by atoms with Crippen LogP contribution in [0.3, 0.4) is 0 Å². The van der Waals surface area contributed by atoms with E-state index in [1.165, 1.54) is 170 Å². The molecule has 4 heteroatoms. The van der Waals surface area contributed by atoms with Crippen LogP contribution in [0.25, 0.3) is 0 Å². The average molecular weight is 825 g/mol. The van der Waals surface area contributed by atoms with Gasteiger partial charge in [0.2, 0.25) is 0 Å². The van der Waals surface area contributed by atoms with Crippen molar-refractivity contribution in [1.82, 2.24) is 0 Å². The first-order valence-corrected chi connectivity index (χ1v) is 24.8. The lowest BCUT2D eigenvalue weighted by molar-refractivity contribution is 0.0725. The van der Waals surface area contributed by atoms with E-state index in [2.05, 4.69) is 62.4 Å². The lowest BCUT2D eigenvalue weighted by Crippen LogP contribution is -2.14. The van der Waals surface area contributed by atoms with Crippen molar-refractivity contribution < 1.29 is 19.1 Å². The maximum atomic E-state index is 12.9. The van der Waals surface area contributed by atoms with Crippen molar-refractivity contribution in [2.75, 3.05) is 0 Å². The summed E-state index contributed by atoms with van der Waals surface area (Å²) in [4.78, 5) is 25.8. The molecule has 0 amide bonds. The Balaban J connectivity index is 0.781. The smallest absolute Gasteiger partial charge is 0.343 e. The summed E-state index contributed by atoms with van der Waals surface area (Å²) in [5.41, 5.74) is 6.55. The van der Waals surface area contributed by atoms with E-state index in [1.807, 2.05) is 48.5 Å². The Morgan fingerprint density at radius 3 is 1.10 bits per heavy atom. The van der Waals surface area contributed by atoms with Crippen LogP contribution in [0.15, 0.2) is 97.1 Å². The zero-order valence-electron chi connectivity index (χ0n) is 37.9. The molecule has 0 aliphatic heterocycles. The minimum Gasteiger partial charge on any atom is -0.423 e. The van der Waals surface area contributed by atoms with E-state index in [9.17, 15) is 9.59 Å². The monoisotopic (exact) mass is 825 g/mol. The largest absolute Gasteiger partial charge is 0.423 e. The number of unbranched alkanes of at least 4 members (excludes halogenated alkanes) is 10. The molecule has 61 heavy (non-hydrogen) atoms. The van der Waals surface area contributed by atoms with Gasteiger partial charge in [-0.1, -0.05) is 146 Å². The van der Waals surface area contributed by atoms with Gasteiger partial charge in [0.05, 0.1) is 11.1 Å². The fourth-order valence-corrected chi connectivity index (χ4v) is 10.0. The number of ether oxygens (including phenoxy) is 2. The number of carbonyl (C=O) groups is 2. The average Bonchev–Trinajstić information content (AvgIpc) is 3.30. The van der Waals surface area contributed by atoms with Crippen LogP contribution in [0.2, 0.25) is 0 Å². The Hall–Kier alpha value is -4.18. The van der Waals surface area contributed by atoms with E-state index in [1.54, 1.807) is 0 Å². The lowest BCUT2D eigenvalue weighted by Gasteiger charge is -2.29. The van der Waals surface area contributed by atoms with Gasteiger partial charge in [-0.15, -0.1) is 0 Å². The molecular weight excluding hydrogens is 749 g/mol. The van der Waals surface area contributed by atoms with E-state index in [0.717, 1.165) is 24.7 Å². The molecule has 0 unspecified atom stereocenters. The maximum Gasteiger partial charge on any atom is 0.343 e. The Bertz CT molecular complexity index is 1690. The predicted molar refractivity (Wildman–Crippen MR) is 253 cm³/mol. The topological polar surface area (TPSA) is 52.6 Å². The molecule has 4 nitrogen and oxygen atoms in total. The molecule has 0 atom stereocenters. The summed E-state index contributed by atoms with van der Waals surface area (Å²) in [6, 6.07) is 32.5. The number of aryl methyl sites for hydroxylation is 2. The molecule has 2 saturated carbocycles. The third-order valence-electron chi connectivity index (χ3n) is 14.1. The summed E-state index contributed by atoms with van der Waals surface area (Å²) >= 11 is 0. The van der Waals surface area contributed by atoms with Crippen LogP contribution in [-0.2, 0) is 12.8 Å². The highest BCUT2D eigenvalue weighted by Crippen LogP contribution is 2.39. The second kappa shape index (κ2) is 25.7. The van der Waals surface area contributed by atoms with Gasteiger partial charge in [0.25, 0.3) is 0 Å². The van der Waals surface area contributed by atoms with Crippen molar-refractivity contribution >= 4 is 11.9 Å². The number of rotatable bonds is 24. The first kappa shape index (κ1) is 46.3. The Labute approximate surface area is 369 Å². The molecule has 2 aliphatic carbocycles. The van der Waals surface area contributed by atoms with Gasteiger partial charge in [-0.25, -0.2) is 9.59 Å². The Morgan fingerprint density at radius 2 is 0.754 bits per heavy atom. The van der Waals surface area contributed by atoms with Crippen LogP contribution in [0.4, 0.5) is 0 Å². The molecule has 0 saturated heterocycles. The van der Waals surface area contributed by atoms with Crippen LogP contribution in [0.5, 0.6) is 11.5 Å². The summed E-state index contributed by atoms with van der Waals surface area (Å²) < 4.78 is 11.5. The highest BCUT2D eigenvalue weighted by Gasteiger charge is 2.24. The summed E-state index contributed by atoms with van der Waals surface area (Å²) in [5, 5.41) is 0. The van der Waals surface area contributed by atoms with Gasteiger partial charge in [-0.2, -0.15) is 0 Å². The van der Waals surface area contributed by atoms with Crippen LogP contribution >= 0.6 is 0 Å². The minimum absolute atomic E-state index is 0.286. The van der Waals surface area contributed by atoms with Crippen molar-refractivity contribution in [3.8, 4) is 11.5 Å². The molecule has 2 aliphatic rings. The van der Waals surface area contributed by atoms with Gasteiger partial charge in [0.1, 0.15) is 11.5 Å². The molecule has 0 spiro atoms. The summed E-state index contributed by atoms with van der Waals surface area (Å²) in [6.07, 6.45) is 32.0. The number of benzene rings is 4. The zero-order chi connectivity index (χ0) is 42.5. The van der Waals surface area contributed by atoms with Crippen molar-refractivity contribution in [1.29, 1.82) is 0 Å². The molecule has 0 bridgehead atoms. The number of esters is 2. The SMILES string of the molecule is CCCCCC1CCC(c2ccc(C(=O)Oc3ccc(CCCCCCCCCc4ccc(OC(=O)c5ccc(C6CCC(CCCCC)CC6)cc5)cc4)cc3)cc2)CC1. The van der Waals surface area contributed by atoms with Crippen LogP contribution in [0.1, 0.15) is 216 Å².